The van der Waals surface area contributed by atoms with Gasteiger partial charge in [-0.1, -0.05) is 0 Å². The summed E-state index contributed by atoms with van der Waals surface area (Å²) in [6.07, 6.45) is 5.35. The molecule has 0 aliphatic carbocycles. The van der Waals surface area contributed by atoms with Gasteiger partial charge in [-0.2, -0.15) is 0 Å². The van der Waals surface area contributed by atoms with E-state index in [1.165, 1.54) is 12.1 Å². The van der Waals surface area contributed by atoms with E-state index in [1.807, 2.05) is 18.4 Å². The highest BCUT2D eigenvalue weighted by Gasteiger charge is 2.10. The third kappa shape index (κ3) is 1.59. The summed E-state index contributed by atoms with van der Waals surface area (Å²) in [6, 6.07) is 6.25. The lowest BCUT2D eigenvalue weighted by atomic mass is 10.3. The zero-order chi connectivity index (χ0) is 11.7. The molecule has 2 nitrogen and oxygen atoms in total. The van der Waals surface area contributed by atoms with Gasteiger partial charge in [0.2, 0.25) is 0 Å². The average Bonchev–Trinajstić information content (AvgIpc) is 2.56. The Labute approximate surface area is 93.8 Å². The lowest BCUT2D eigenvalue weighted by Gasteiger charge is -2.07. The number of nitrogens with zero attached hydrogens (tertiary/aromatic N) is 2. The molecule has 0 aliphatic rings. The maximum atomic E-state index is 12.8. The Kier molecular flexibility index (Phi) is 2.49. The highest BCUT2D eigenvalue weighted by atomic mass is 19.1. The molecule has 2 aromatic rings. The minimum absolute atomic E-state index is 0.253. The molecular weight excluding hydrogens is 203 g/mol. The molecule has 80 valence electrons. The van der Waals surface area contributed by atoms with E-state index in [0.29, 0.717) is 5.69 Å². The Morgan fingerprint density at radius 3 is 2.38 bits per heavy atom. The molecule has 16 heavy (non-hydrogen) atoms. The van der Waals surface area contributed by atoms with E-state index in [-0.39, 0.29) is 5.82 Å². The van der Waals surface area contributed by atoms with Gasteiger partial charge in [-0.15, -0.1) is 6.42 Å². The molecule has 1 aromatic carbocycles. The molecule has 0 radical (unpaired) electrons. The molecule has 0 saturated carbocycles. The SMILES string of the molecule is C#Cc1nc(C)n(-c2ccc(F)cc2)c1C. The Balaban J connectivity index is 2.61. The number of terminal acetylenes is 1. The first-order chi connectivity index (χ1) is 7.63. The molecule has 0 aliphatic heterocycles. The Hall–Kier alpha value is -2.08. The molecule has 0 amide bonds. The molecule has 2 rings (SSSR count). The van der Waals surface area contributed by atoms with Gasteiger partial charge in [-0.25, -0.2) is 9.37 Å². The van der Waals surface area contributed by atoms with Crippen molar-refractivity contribution < 1.29 is 4.39 Å². The van der Waals surface area contributed by atoms with Crippen LogP contribution in [0.4, 0.5) is 4.39 Å². The predicted molar refractivity (Wildman–Crippen MR) is 60.9 cm³/mol. The molecule has 1 heterocycles. The van der Waals surface area contributed by atoms with Crippen LogP contribution in [0.1, 0.15) is 17.2 Å². The van der Waals surface area contributed by atoms with E-state index >= 15 is 0 Å². The number of aryl methyl sites for hydroxylation is 1. The lowest BCUT2D eigenvalue weighted by Crippen LogP contribution is -1.99. The van der Waals surface area contributed by atoms with Crippen LogP contribution in [0.25, 0.3) is 5.69 Å². The highest BCUT2D eigenvalue weighted by Crippen LogP contribution is 2.17. The van der Waals surface area contributed by atoms with Gasteiger partial charge in [0, 0.05) is 5.69 Å². The summed E-state index contributed by atoms with van der Waals surface area (Å²) in [4.78, 5) is 4.26. The van der Waals surface area contributed by atoms with E-state index < -0.39 is 0 Å². The summed E-state index contributed by atoms with van der Waals surface area (Å²) in [6.45, 7) is 3.77. The number of benzene rings is 1. The van der Waals surface area contributed by atoms with Crippen LogP contribution in [0.15, 0.2) is 24.3 Å². The fourth-order valence-corrected chi connectivity index (χ4v) is 1.75. The molecule has 0 fully saturated rings. The van der Waals surface area contributed by atoms with Crippen molar-refractivity contribution in [2.75, 3.05) is 0 Å². The summed E-state index contributed by atoms with van der Waals surface area (Å²) in [5.74, 6) is 3.08. The number of halogens is 1. The number of rotatable bonds is 1. The molecular formula is C13H11FN2. The summed E-state index contributed by atoms with van der Waals surface area (Å²) < 4.78 is 14.7. The fraction of sp³-hybridized carbons (Fsp3) is 0.154. The van der Waals surface area contributed by atoms with Crippen molar-refractivity contribution in [3.05, 3.63) is 47.3 Å². The van der Waals surface area contributed by atoms with Gasteiger partial charge in [0.1, 0.15) is 17.3 Å². The first-order valence-corrected chi connectivity index (χ1v) is 4.92. The normalized spacial score (nSPS) is 10.1. The smallest absolute Gasteiger partial charge is 0.134 e. The average molecular weight is 214 g/mol. The minimum atomic E-state index is -0.253. The van der Waals surface area contributed by atoms with Crippen molar-refractivity contribution in [2.24, 2.45) is 0 Å². The Bertz CT molecular complexity index is 559. The maximum Gasteiger partial charge on any atom is 0.134 e. The molecule has 0 unspecified atom stereocenters. The van der Waals surface area contributed by atoms with Crippen molar-refractivity contribution in [2.45, 2.75) is 13.8 Å². The largest absolute Gasteiger partial charge is 0.300 e. The van der Waals surface area contributed by atoms with Gasteiger partial charge in [0.05, 0.1) is 5.69 Å². The minimum Gasteiger partial charge on any atom is -0.300 e. The highest BCUT2D eigenvalue weighted by molar-refractivity contribution is 5.41. The number of hydrogen-bond donors (Lipinski definition) is 0. The molecule has 0 atom stereocenters. The van der Waals surface area contributed by atoms with Crippen molar-refractivity contribution >= 4 is 0 Å². The van der Waals surface area contributed by atoms with Gasteiger partial charge in [-0.3, -0.25) is 4.57 Å². The van der Waals surface area contributed by atoms with Crippen LogP contribution in [0.5, 0.6) is 0 Å². The van der Waals surface area contributed by atoms with Crippen molar-refractivity contribution in [1.82, 2.24) is 9.55 Å². The van der Waals surface area contributed by atoms with E-state index in [2.05, 4.69) is 10.9 Å². The number of hydrogen-bond acceptors (Lipinski definition) is 1. The van der Waals surface area contributed by atoms with Crippen LogP contribution in [0.2, 0.25) is 0 Å². The van der Waals surface area contributed by atoms with Gasteiger partial charge < -0.3 is 0 Å². The third-order valence-electron chi connectivity index (χ3n) is 2.50. The molecule has 0 saturated heterocycles. The second kappa shape index (κ2) is 3.82. The van der Waals surface area contributed by atoms with Gasteiger partial charge in [-0.05, 0) is 44.0 Å². The second-order valence-corrected chi connectivity index (χ2v) is 3.55. The molecule has 0 N–H and O–H groups in total. The second-order valence-electron chi connectivity index (χ2n) is 3.55. The van der Waals surface area contributed by atoms with Crippen LogP contribution in [0, 0.1) is 32.0 Å². The van der Waals surface area contributed by atoms with Gasteiger partial charge in [0.15, 0.2) is 0 Å². The van der Waals surface area contributed by atoms with E-state index in [4.69, 9.17) is 6.42 Å². The van der Waals surface area contributed by atoms with Crippen LogP contribution in [-0.2, 0) is 0 Å². The standard InChI is InChI=1S/C13H11FN2/c1-4-13-9(2)16(10(3)15-13)12-7-5-11(14)6-8-12/h1,5-8H,2-3H3. The Morgan fingerprint density at radius 1 is 1.25 bits per heavy atom. The molecule has 0 bridgehead atoms. The van der Waals surface area contributed by atoms with Crippen LogP contribution in [0.3, 0.4) is 0 Å². The predicted octanol–water partition coefficient (Wildman–Crippen LogP) is 2.61. The van der Waals surface area contributed by atoms with Crippen molar-refractivity contribution in [3.63, 3.8) is 0 Å². The summed E-state index contributed by atoms with van der Waals surface area (Å²) in [5.41, 5.74) is 2.39. The maximum absolute atomic E-state index is 12.8. The molecule has 3 heteroatoms. The quantitative estimate of drug-likeness (QED) is 0.667. The van der Waals surface area contributed by atoms with Crippen molar-refractivity contribution in [3.8, 4) is 18.0 Å². The van der Waals surface area contributed by atoms with Crippen LogP contribution < -0.4 is 0 Å². The monoisotopic (exact) mass is 214 g/mol. The third-order valence-corrected chi connectivity index (χ3v) is 2.50. The Morgan fingerprint density at radius 2 is 1.88 bits per heavy atom. The van der Waals surface area contributed by atoms with Crippen LogP contribution >= 0.6 is 0 Å². The van der Waals surface area contributed by atoms with E-state index in [1.54, 1.807) is 12.1 Å². The van der Waals surface area contributed by atoms with E-state index in [0.717, 1.165) is 17.2 Å². The van der Waals surface area contributed by atoms with Crippen LogP contribution in [-0.4, -0.2) is 9.55 Å². The molecule has 0 spiro atoms. The fourth-order valence-electron chi connectivity index (χ4n) is 1.75. The molecule has 1 aromatic heterocycles. The zero-order valence-corrected chi connectivity index (χ0v) is 9.16. The lowest BCUT2D eigenvalue weighted by molar-refractivity contribution is 0.627. The number of imidazole rings is 1. The number of aromatic nitrogens is 2. The topological polar surface area (TPSA) is 17.8 Å². The first-order valence-electron chi connectivity index (χ1n) is 4.92. The van der Waals surface area contributed by atoms with Gasteiger partial charge >= 0.3 is 0 Å². The zero-order valence-electron chi connectivity index (χ0n) is 9.16. The summed E-state index contributed by atoms with van der Waals surface area (Å²) in [7, 11) is 0. The van der Waals surface area contributed by atoms with Crippen molar-refractivity contribution in [1.29, 1.82) is 0 Å². The van der Waals surface area contributed by atoms with E-state index in [9.17, 15) is 4.39 Å². The summed E-state index contributed by atoms with van der Waals surface area (Å²) >= 11 is 0. The summed E-state index contributed by atoms with van der Waals surface area (Å²) in [5, 5.41) is 0. The van der Waals surface area contributed by atoms with Gasteiger partial charge in [0.25, 0.3) is 0 Å². The first kappa shape index (κ1) is 10.4.